The maximum Gasteiger partial charge on any atom is 0.0431 e. The van der Waals surface area contributed by atoms with Gasteiger partial charge >= 0.3 is 0 Å². The van der Waals surface area contributed by atoms with E-state index in [9.17, 15) is 0 Å². The second-order valence-corrected chi connectivity index (χ2v) is 6.30. The highest BCUT2D eigenvalue weighted by molar-refractivity contribution is 4.54. The van der Waals surface area contributed by atoms with Gasteiger partial charge in [-0.25, -0.2) is 0 Å². The van der Waals surface area contributed by atoms with Crippen LogP contribution < -0.4 is 0 Å². The van der Waals surface area contributed by atoms with Gasteiger partial charge < -0.3 is 5.11 Å². The van der Waals surface area contributed by atoms with Gasteiger partial charge in [-0.1, -0.05) is 97.3 Å². The summed E-state index contributed by atoms with van der Waals surface area (Å²) in [7, 11) is 0. The first-order valence-electron chi connectivity index (χ1n) is 8.92. The molecule has 0 rings (SSSR count). The van der Waals surface area contributed by atoms with Gasteiger partial charge in [0.05, 0.1) is 0 Å². The number of unbranched alkanes of at least 4 members (excludes halogenated alkanes) is 10. The second kappa shape index (κ2) is 16.0. The Labute approximate surface area is 122 Å². The van der Waals surface area contributed by atoms with Crippen molar-refractivity contribution in [3.8, 4) is 0 Å². The summed E-state index contributed by atoms with van der Waals surface area (Å²) in [4.78, 5) is 0. The van der Waals surface area contributed by atoms with Crippen LogP contribution in [0.4, 0.5) is 0 Å². The van der Waals surface area contributed by atoms with Crippen LogP contribution in [0.15, 0.2) is 0 Å². The van der Waals surface area contributed by atoms with Gasteiger partial charge in [0.1, 0.15) is 0 Å². The fourth-order valence-electron chi connectivity index (χ4n) is 2.72. The van der Waals surface area contributed by atoms with Crippen molar-refractivity contribution in [1.82, 2.24) is 0 Å². The summed E-state index contributed by atoms with van der Waals surface area (Å²) in [5.41, 5.74) is 0. The van der Waals surface area contributed by atoms with Crippen molar-refractivity contribution in [2.45, 2.75) is 104 Å². The molecule has 19 heavy (non-hydrogen) atoms. The fourth-order valence-corrected chi connectivity index (χ4v) is 2.72. The smallest absolute Gasteiger partial charge is 0.0431 e. The molecule has 0 unspecified atom stereocenters. The first kappa shape index (κ1) is 19.0. The van der Waals surface area contributed by atoms with Crippen molar-refractivity contribution in [2.24, 2.45) is 5.92 Å². The largest absolute Gasteiger partial charge is 0.396 e. The summed E-state index contributed by atoms with van der Waals surface area (Å²) >= 11 is 0. The molecular formula is C18H38O. The van der Waals surface area contributed by atoms with Gasteiger partial charge in [0.2, 0.25) is 0 Å². The molecule has 0 bridgehead atoms. The molecule has 0 aromatic carbocycles. The van der Waals surface area contributed by atoms with E-state index in [1.165, 1.54) is 83.5 Å². The van der Waals surface area contributed by atoms with E-state index in [1.54, 1.807) is 0 Å². The van der Waals surface area contributed by atoms with E-state index in [0.717, 1.165) is 12.3 Å². The van der Waals surface area contributed by atoms with Crippen molar-refractivity contribution in [3.05, 3.63) is 0 Å². The van der Waals surface area contributed by atoms with Crippen LogP contribution in [0.3, 0.4) is 0 Å². The lowest BCUT2D eigenvalue weighted by Crippen LogP contribution is -1.94. The monoisotopic (exact) mass is 270 g/mol. The lowest BCUT2D eigenvalue weighted by Gasteiger charge is -2.10. The van der Waals surface area contributed by atoms with Crippen molar-refractivity contribution in [2.75, 3.05) is 6.61 Å². The van der Waals surface area contributed by atoms with Crippen LogP contribution >= 0.6 is 0 Å². The molecule has 0 aliphatic rings. The Morgan fingerprint density at radius 3 is 1.53 bits per heavy atom. The Balaban J connectivity index is 3.02. The standard InChI is InChI=1S/C18H38O/c1-3-4-15-18(2)16-13-11-9-7-5-6-8-10-12-14-17-19/h18-19H,3-17H2,1-2H3/t18-/m0/s1. The van der Waals surface area contributed by atoms with Crippen LogP contribution in [-0.2, 0) is 0 Å². The summed E-state index contributed by atoms with van der Waals surface area (Å²) in [6, 6.07) is 0. The molecule has 1 heteroatoms. The minimum atomic E-state index is 0.372. The van der Waals surface area contributed by atoms with Crippen LogP contribution in [0.2, 0.25) is 0 Å². The Bertz CT molecular complexity index is 156. The minimum Gasteiger partial charge on any atom is -0.396 e. The predicted molar refractivity (Wildman–Crippen MR) is 86.6 cm³/mol. The molecule has 0 aliphatic heterocycles. The lowest BCUT2D eigenvalue weighted by molar-refractivity contribution is 0.282. The van der Waals surface area contributed by atoms with E-state index < -0.39 is 0 Å². The molecule has 1 nitrogen and oxygen atoms in total. The van der Waals surface area contributed by atoms with Crippen molar-refractivity contribution < 1.29 is 5.11 Å². The molecule has 0 saturated heterocycles. The highest BCUT2D eigenvalue weighted by Gasteiger charge is 2.00. The third-order valence-electron chi connectivity index (χ3n) is 4.16. The van der Waals surface area contributed by atoms with Crippen LogP contribution in [0.5, 0.6) is 0 Å². The van der Waals surface area contributed by atoms with E-state index in [0.29, 0.717) is 6.61 Å². The zero-order valence-corrected chi connectivity index (χ0v) is 13.6. The Morgan fingerprint density at radius 1 is 0.632 bits per heavy atom. The average Bonchev–Trinajstić information content (AvgIpc) is 2.42. The Hall–Kier alpha value is -0.0400. The molecule has 0 fully saturated rings. The maximum absolute atomic E-state index is 8.68. The van der Waals surface area contributed by atoms with Gasteiger partial charge in [-0.05, 0) is 12.3 Å². The molecule has 0 radical (unpaired) electrons. The molecule has 0 aliphatic carbocycles. The van der Waals surface area contributed by atoms with Gasteiger partial charge in [0.25, 0.3) is 0 Å². The van der Waals surface area contributed by atoms with Crippen LogP contribution in [0.25, 0.3) is 0 Å². The zero-order chi connectivity index (χ0) is 14.2. The SMILES string of the molecule is CCCC[C@H](C)CCCCCCCCCCCCO. The van der Waals surface area contributed by atoms with E-state index in [-0.39, 0.29) is 0 Å². The summed E-state index contributed by atoms with van der Waals surface area (Å²) in [5.74, 6) is 0.950. The normalized spacial score (nSPS) is 12.8. The molecule has 0 saturated carbocycles. The Kier molecular flexibility index (Phi) is 16.0. The van der Waals surface area contributed by atoms with Crippen LogP contribution in [-0.4, -0.2) is 11.7 Å². The van der Waals surface area contributed by atoms with Gasteiger partial charge in [0.15, 0.2) is 0 Å². The number of aliphatic hydroxyl groups is 1. The number of rotatable bonds is 15. The molecular weight excluding hydrogens is 232 g/mol. The minimum absolute atomic E-state index is 0.372. The van der Waals surface area contributed by atoms with Crippen LogP contribution in [0.1, 0.15) is 104 Å². The van der Waals surface area contributed by atoms with Gasteiger partial charge in [0, 0.05) is 6.61 Å². The number of hydrogen-bond acceptors (Lipinski definition) is 1. The average molecular weight is 271 g/mol. The van der Waals surface area contributed by atoms with Gasteiger partial charge in [-0.3, -0.25) is 0 Å². The first-order chi connectivity index (χ1) is 9.31. The van der Waals surface area contributed by atoms with E-state index in [1.807, 2.05) is 0 Å². The summed E-state index contributed by atoms with van der Waals surface area (Å²) in [6.45, 7) is 5.08. The van der Waals surface area contributed by atoms with Crippen LogP contribution in [0, 0.1) is 5.92 Å². The molecule has 116 valence electrons. The quantitative estimate of drug-likeness (QED) is 0.357. The first-order valence-corrected chi connectivity index (χ1v) is 8.92. The highest BCUT2D eigenvalue weighted by Crippen LogP contribution is 2.17. The van der Waals surface area contributed by atoms with Gasteiger partial charge in [-0.15, -0.1) is 0 Å². The van der Waals surface area contributed by atoms with Crippen molar-refractivity contribution in [3.63, 3.8) is 0 Å². The molecule has 0 amide bonds. The summed E-state index contributed by atoms with van der Waals surface area (Å²) in [6.07, 6.45) is 19.1. The van der Waals surface area contributed by atoms with E-state index in [4.69, 9.17) is 5.11 Å². The van der Waals surface area contributed by atoms with E-state index in [2.05, 4.69) is 13.8 Å². The zero-order valence-electron chi connectivity index (χ0n) is 13.6. The fraction of sp³-hybridized carbons (Fsp3) is 1.00. The van der Waals surface area contributed by atoms with Gasteiger partial charge in [-0.2, -0.15) is 0 Å². The molecule has 0 spiro atoms. The summed E-state index contributed by atoms with van der Waals surface area (Å²) in [5, 5.41) is 8.68. The third-order valence-corrected chi connectivity index (χ3v) is 4.16. The van der Waals surface area contributed by atoms with Crippen molar-refractivity contribution >= 4 is 0 Å². The topological polar surface area (TPSA) is 20.2 Å². The Morgan fingerprint density at radius 2 is 1.05 bits per heavy atom. The molecule has 0 heterocycles. The lowest BCUT2D eigenvalue weighted by atomic mass is 9.97. The van der Waals surface area contributed by atoms with E-state index >= 15 is 0 Å². The number of aliphatic hydroxyl groups excluding tert-OH is 1. The molecule has 1 N–H and O–H groups in total. The highest BCUT2D eigenvalue weighted by atomic mass is 16.2. The summed E-state index contributed by atoms with van der Waals surface area (Å²) < 4.78 is 0. The maximum atomic E-state index is 8.68. The second-order valence-electron chi connectivity index (χ2n) is 6.30. The molecule has 0 aromatic heterocycles. The third kappa shape index (κ3) is 15.9. The molecule has 0 aromatic rings. The van der Waals surface area contributed by atoms with Crippen molar-refractivity contribution in [1.29, 1.82) is 0 Å². The number of hydrogen-bond donors (Lipinski definition) is 1. The predicted octanol–water partition coefficient (Wildman–Crippen LogP) is 6.10. The molecule has 1 atom stereocenters.